The molecule has 2 aliphatic rings. The highest BCUT2D eigenvalue weighted by Crippen LogP contribution is 2.51. The molecule has 4 nitrogen and oxygen atoms in total. The van der Waals surface area contributed by atoms with Crippen LogP contribution in [0.4, 0.5) is 34.1 Å². The maximum Gasteiger partial charge on any atom is 0.252 e. The van der Waals surface area contributed by atoms with Gasteiger partial charge < -0.3 is 18.9 Å². The number of aromatic nitrogens is 2. The molecule has 2 aromatic heterocycles. The molecule has 0 atom stereocenters. The van der Waals surface area contributed by atoms with Crippen LogP contribution in [0.15, 0.2) is 261 Å². The maximum absolute atomic E-state index is 2.69. The van der Waals surface area contributed by atoms with Crippen LogP contribution in [0.3, 0.4) is 0 Å². The van der Waals surface area contributed by atoms with Crippen LogP contribution in [0.5, 0.6) is 0 Å². The third-order valence-corrected chi connectivity index (χ3v) is 21.5. The second-order valence-corrected chi connectivity index (χ2v) is 31.9. The molecular weight excluding hydrogens is 1170 g/mol. The Morgan fingerprint density at radius 3 is 1.04 bits per heavy atom. The monoisotopic (exact) mass is 1250 g/mol. The highest BCUT2D eigenvalue weighted by Gasteiger charge is 2.45. The number of hydrogen-bond acceptors (Lipinski definition) is 2. The van der Waals surface area contributed by atoms with Gasteiger partial charge in [-0.2, -0.15) is 0 Å². The minimum absolute atomic E-state index is 0.140. The van der Waals surface area contributed by atoms with E-state index in [-0.39, 0.29) is 28.4 Å². The molecule has 0 unspecified atom stereocenters. The summed E-state index contributed by atoms with van der Waals surface area (Å²) in [6.07, 6.45) is 0. The quantitative estimate of drug-likeness (QED) is 0.126. The van der Waals surface area contributed by atoms with Crippen molar-refractivity contribution in [3.63, 3.8) is 0 Å². The van der Waals surface area contributed by atoms with Gasteiger partial charge in [-0.15, -0.1) is 0 Å². The number of para-hydroxylation sites is 3. The Morgan fingerprint density at radius 1 is 0.247 bits per heavy atom. The zero-order valence-corrected chi connectivity index (χ0v) is 57.7. The fraction of sp³-hybridized carbons (Fsp3) is 0.174. The van der Waals surface area contributed by atoms with Crippen LogP contribution in [0.2, 0.25) is 0 Å². The van der Waals surface area contributed by atoms with Crippen LogP contribution in [-0.4, -0.2) is 15.8 Å². The number of nitrogens with zero attached hydrogens (tertiary/aromatic N) is 4. The summed E-state index contributed by atoms with van der Waals surface area (Å²) in [7, 11) is 0. The molecule has 0 amide bonds. The van der Waals surface area contributed by atoms with E-state index in [1.165, 1.54) is 154 Å². The van der Waals surface area contributed by atoms with Crippen molar-refractivity contribution in [3.8, 4) is 22.5 Å². The molecule has 5 heteroatoms. The topological polar surface area (TPSA) is 16.3 Å². The average Bonchev–Trinajstić information content (AvgIpc) is 1.15. The van der Waals surface area contributed by atoms with E-state index in [0.717, 1.165) is 28.0 Å². The predicted octanol–water partition coefficient (Wildman–Crippen LogP) is 23.4. The molecule has 0 bridgehead atoms. The van der Waals surface area contributed by atoms with Crippen molar-refractivity contribution < 1.29 is 0 Å². The lowest BCUT2D eigenvalue weighted by molar-refractivity contribution is 0.568. The van der Waals surface area contributed by atoms with Crippen molar-refractivity contribution in [2.24, 2.45) is 0 Å². The smallest absolute Gasteiger partial charge is 0.252 e. The molecule has 14 aromatic carbocycles. The van der Waals surface area contributed by atoms with Crippen molar-refractivity contribution >= 4 is 144 Å². The molecule has 18 rings (SSSR count). The van der Waals surface area contributed by atoms with Gasteiger partial charge in [-0.05, 0) is 236 Å². The fourth-order valence-electron chi connectivity index (χ4n) is 16.3. The highest BCUT2D eigenvalue weighted by atomic mass is 15.2. The lowest BCUT2D eigenvalue weighted by Crippen LogP contribution is -2.61. The molecule has 470 valence electrons. The Labute approximate surface area is 569 Å². The highest BCUT2D eigenvalue weighted by molar-refractivity contribution is 7.00. The van der Waals surface area contributed by atoms with Gasteiger partial charge >= 0.3 is 0 Å². The molecule has 0 fully saturated rings. The number of benzene rings is 14. The van der Waals surface area contributed by atoms with Crippen LogP contribution >= 0.6 is 0 Å². The van der Waals surface area contributed by atoms with Crippen molar-refractivity contribution in [1.82, 2.24) is 9.13 Å². The molecule has 16 aromatic rings. The Kier molecular flexibility index (Phi) is 12.7. The summed E-state index contributed by atoms with van der Waals surface area (Å²) in [5, 5.41) is 14.9. The first-order chi connectivity index (χ1) is 46.6. The summed E-state index contributed by atoms with van der Waals surface area (Å²) < 4.78 is 4.97. The summed E-state index contributed by atoms with van der Waals surface area (Å²) >= 11 is 0. The third-order valence-electron chi connectivity index (χ3n) is 21.5. The van der Waals surface area contributed by atoms with Crippen LogP contribution in [-0.2, 0) is 21.7 Å². The molecule has 0 aliphatic carbocycles. The molecule has 0 N–H and O–H groups in total. The van der Waals surface area contributed by atoms with E-state index >= 15 is 0 Å². The lowest BCUT2D eigenvalue weighted by Gasteiger charge is -2.45. The standard InChI is InChI=1S/C92H79BN4/c1-89(2,3)66-50-67(90(4,5)6)53-72(52-66)96-82-46-63-41-58-27-21-19-25-56(58)39-61(63)43-76(82)93-77-44-62-40-57-26-20-22-28-59(57)42-64(62)47-83(77)97(73-54-68(91(7,8)9)51-69(55-73)92(10,11)12)85-49-65(48-84(96)88(85)93)60-35-36-75-81(45-60)95(71-31-17-14-18-32-71)80-38-37-79-86(87(75)80)74-33-23-24-34-78(74)94(79)70-29-15-13-16-30-70/h13-55H,1-12H3. The largest absolute Gasteiger partial charge is 0.311 e. The Morgan fingerprint density at radius 2 is 0.619 bits per heavy atom. The van der Waals surface area contributed by atoms with Crippen LogP contribution in [0.1, 0.15) is 105 Å². The van der Waals surface area contributed by atoms with Crippen molar-refractivity contribution in [1.29, 1.82) is 0 Å². The average molecular weight is 1250 g/mol. The zero-order chi connectivity index (χ0) is 66.3. The second-order valence-electron chi connectivity index (χ2n) is 31.9. The van der Waals surface area contributed by atoms with E-state index in [1.807, 2.05) is 0 Å². The van der Waals surface area contributed by atoms with E-state index in [4.69, 9.17) is 0 Å². The van der Waals surface area contributed by atoms with E-state index in [0.29, 0.717) is 0 Å². The van der Waals surface area contributed by atoms with E-state index in [9.17, 15) is 0 Å². The molecule has 0 radical (unpaired) electrons. The Bertz CT molecular complexity index is 5700. The molecule has 2 aliphatic heterocycles. The fourth-order valence-corrected chi connectivity index (χ4v) is 16.3. The molecule has 0 spiro atoms. The van der Waals surface area contributed by atoms with Gasteiger partial charge in [-0.3, -0.25) is 0 Å². The van der Waals surface area contributed by atoms with Crippen molar-refractivity contribution in [3.05, 3.63) is 283 Å². The zero-order valence-electron chi connectivity index (χ0n) is 57.7. The molecule has 0 saturated carbocycles. The number of anilines is 6. The summed E-state index contributed by atoms with van der Waals surface area (Å²) in [6, 6.07) is 101. The summed E-state index contributed by atoms with van der Waals surface area (Å²) in [4.78, 5) is 5.38. The third kappa shape index (κ3) is 9.32. The summed E-state index contributed by atoms with van der Waals surface area (Å²) in [6.45, 7) is 28.3. The van der Waals surface area contributed by atoms with Gasteiger partial charge in [0.25, 0.3) is 6.71 Å². The molecular formula is C92H79BN4. The normalized spacial score (nSPS) is 13.5. The number of fused-ring (bicyclic) bond motifs is 15. The lowest BCUT2D eigenvalue weighted by atomic mass is 9.33. The predicted molar refractivity (Wildman–Crippen MR) is 419 cm³/mol. The number of hydrogen-bond donors (Lipinski definition) is 0. The van der Waals surface area contributed by atoms with Gasteiger partial charge in [0.15, 0.2) is 0 Å². The van der Waals surface area contributed by atoms with Gasteiger partial charge in [-0.1, -0.05) is 223 Å². The van der Waals surface area contributed by atoms with Crippen molar-refractivity contribution in [2.75, 3.05) is 9.80 Å². The van der Waals surface area contributed by atoms with E-state index < -0.39 is 0 Å². The second kappa shape index (κ2) is 20.9. The summed E-state index contributed by atoms with van der Waals surface area (Å²) in [5.41, 5.74) is 25.0. The van der Waals surface area contributed by atoms with Crippen LogP contribution in [0.25, 0.3) is 109 Å². The first-order valence-electron chi connectivity index (χ1n) is 34.7. The van der Waals surface area contributed by atoms with Crippen LogP contribution in [0, 0.1) is 0 Å². The van der Waals surface area contributed by atoms with E-state index in [1.54, 1.807) is 0 Å². The number of rotatable bonds is 5. The minimum atomic E-state index is -0.146. The molecule has 0 saturated heterocycles. The minimum Gasteiger partial charge on any atom is -0.311 e. The SMILES string of the molecule is CC(C)(C)c1cc(N2c3cc4cc5ccccc5cc4cc3B3c4cc5cc6ccccc6cc5cc4N(c4cc(C(C)(C)C)cc(C(C)(C)C)c4)c4cc(-c5ccc6c7c8c9ccccc9n(-c9ccccc9)c8ccc7n(-c7ccccc7)c6c5)cc2c43)cc(C(C)(C)C)c1. The van der Waals surface area contributed by atoms with Gasteiger partial charge in [0, 0.05) is 67.0 Å². The first-order valence-corrected chi connectivity index (χ1v) is 34.7. The maximum atomic E-state index is 2.69. The summed E-state index contributed by atoms with van der Waals surface area (Å²) in [5.74, 6) is 0. The Hall–Kier alpha value is -10.6. The Balaban J connectivity index is 1.00. The van der Waals surface area contributed by atoms with Gasteiger partial charge in [-0.25, -0.2) is 0 Å². The van der Waals surface area contributed by atoms with Crippen molar-refractivity contribution in [2.45, 2.75) is 105 Å². The molecule has 4 heterocycles. The first kappa shape index (κ1) is 58.9. The van der Waals surface area contributed by atoms with Gasteiger partial charge in [0.05, 0.1) is 22.1 Å². The molecule has 97 heavy (non-hydrogen) atoms. The van der Waals surface area contributed by atoms with E-state index in [2.05, 4.69) is 363 Å². The van der Waals surface area contributed by atoms with Gasteiger partial charge in [0.2, 0.25) is 0 Å². The van der Waals surface area contributed by atoms with Gasteiger partial charge in [0.1, 0.15) is 0 Å². The van der Waals surface area contributed by atoms with Crippen LogP contribution < -0.4 is 26.2 Å².